The zero-order chi connectivity index (χ0) is 11.8. The van der Waals surface area contributed by atoms with Crippen LogP contribution in [-0.4, -0.2) is 20.8 Å². The molecule has 3 nitrogen and oxygen atoms in total. The van der Waals surface area contributed by atoms with E-state index in [1.807, 2.05) is 0 Å². The molecule has 5 heteroatoms. The number of rotatable bonds is 1. The van der Waals surface area contributed by atoms with E-state index in [-0.39, 0.29) is 5.09 Å². The number of fused-ring (bicyclic) bond motifs is 2. The predicted molar refractivity (Wildman–Crippen MR) is 57.4 cm³/mol. The van der Waals surface area contributed by atoms with Crippen LogP contribution in [-0.2, 0) is 14.6 Å². The van der Waals surface area contributed by atoms with E-state index in [1.165, 1.54) is 24.3 Å². The first kappa shape index (κ1) is 11.0. The van der Waals surface area contributed by atoms with Crippen LogP contribution in [0, 0.1) is 17.8 Å². The lowest BCUT2D eigenvalue weighted by molar-refractivity contribution is 0.220. The Morgan fingerprint density at radius 3 is 2.81 bits per heavy atom. The highest BCUT2D eigenvalue weighted by Gasteiger charge is 2.21. The van der Waals surface area contributed by atoms with Gasteiger partial charge in [0.2, 0.25) is 14.9 Å². The number of hydrogen-bond acceptors (Lipinski definition) is 3. The average molecular weight is 240 g/mol. The summed E-state index contributed by atoms with van der Waals surface area (Å²) in [5.41, 5.74) is 0. The molecule has 0 saturated heterocycles. The van der Waals surface area contributed by atoms with Crippen LogP contribution in [0.3, 0.4) is 0 Å². The number of allylic oxidation sites excluding steroid dienone is 4. The normalized spacial score (nSPS) is 29.6. The molecule has 0 saturated carbocycles. The van der Waals surface area contributed by atoms with Gasteiger partial charge in [-0.1, -0.05) is 11.8 Å². The van der Waals surface area contributed by atoms with Gasteiger partial charge < -0.3 is 4.74 Å². The topological polar surface area (TPSA) is 43.4 Å². The highest BCUT2D eigenvalue weighted by atomic mass is 32.2. The van der Waals surface area contributed by atoms with E-state index < -0.39 is 27.7 Å². The predicted octanol–water partition coefficient (Wildman–Crippen LogP) is 1.31. The van der Waals surface area contributed by atoms with E-state index in [2.05, 4.69) is 11.8 Å². The molecule has 0 fully saturated rings. The van der Waals surface area contributed by atoms with Crippen molar-refractivity contribution in [3.05, 3.63) is 35.2 Å². The summed E-state index contributed by atoms with van der Waals surface area (Å²) in [5.74, 6) is 4.44. The summed E-state index contributed by atoms with van der Waals surface area (Å²) >= 11 is 0. The largest absolute Gasteiger partial charge is 0.462 e. The molecule has 0 radical (unpaired) electrons. The van der Waals surface area contributed by atoms with E-state index in [0.29, 0.717) is 0 Å². The van der Waals surface area contributed by atoms with E-state index in [1.54, 1.807) is 0 Å². The van der Waals surface area contributed by atoms with Gasteiger partial charge in [0.05, 0.1) is 5.92 Å². The summed E-state index contributed by atoms with van der Waals surface area (Å²) in [7, 11) is -3.45. The van der Waals surface area contributed by atoms with Gasteiger partial charge in [-0.15, -0.1) is 0 Å². The quantitative estimate of drug-likeness (QED) is 0.649. The molecule has 1 aliphatic carbocycles. The van der Waals surface area contributed by atoms with Gasteiger partial charge in [0.15, 0.2) is 6.10 Å². The molecule has 1 aliphatic heterocycles. The molecule has 2 unspecified atom stereocenters. The molecule has 0 aromatic rings. The minimum absolute atomic E-state index is 0.171. The number of halogens is 1. The molecule has 2 bridgehead atoms. The highest BCUT2D eigenvalue weighted by molar-refractivity contribution is 7.94. The number of hydrogen-bond donors (Lipinski definition) is 0. The van der Waals surface area contributed by atoms with Crippen LogP contribution >= 0.6 is 0 Å². The molecule has 84 valence electrons. The van der Waals surface area contributed by atoms with Crippen molar-refractivity contribution in [2.45, 2.75) is 6.10 Å². The highest BCUT2D eigenvalue weighted by Crippen LogP contribution is 2.21. The second kappa shape index (κ2) is 3.80. The molecule has 0 aromatic heterocycles. The Hall–Kier alpha value is -1.54. The fraction of sp³-hybridized carbons (Fsp3) is 0.273. The van der Waals surface area contributed by atoms with Gasteiger partial charge in [-0.25, -0.2) is 12.8 Å². The van der Waals surface area contributed by atoms with Crippen molar-refractivity contribution >= 4 is 9.84 Å². The third kappa shape index (κ3) is 2.34. The van der Waals surface area contributed by atoms with Crippen LogP contribution in [0.2, 0.25) is 0 Å². The minimum atomic E-state index is -3.45. The fourth-order valence-corrected chi connectivity index (χ4v) is 2.03. The van der Waals surface area contributed by atoms with Crippen molar-refractivity contribution in [3.63, 3.8) is 0 Å². The molecular formula is C11H9FO3S. The Balaban J connectivity index is 2.50. The van der Waals surface area contributed by atoms with Crippen molar-refractivity contribution in [2.24, 2.45) is 5.92 Å². The average Bonchev–Trinajstić information content (AvgIpc) is 2.30. The van der Waals surface area contributed by atoms with Crippen LogP contribution in [0.4, 0.5) is 4.39 Å². The van der Waals surface area contributed by atoms with Crippen molar-refractivity contribution in [1.29, 1.82) is 0 Å². The first-order valence-electron chi connectivity index (χ1n) is 4.60. The smallest absolute Gasteiger partial charge is 0.210 e. The van der Waals surface area contributed by atoms with Gasteiger partial charge in [0.1, 0.15) is 5.83 Å². The molecular weight excluding hydrogens is 231 g/mol. The van der Waals surface area contributed by atoms with Crippen LogP contribution in [0.25, 0.3) is 0 Å². The summed E-state index contributed by atoms with van der Waals surface area (Å²) in [6.07, 6.45) is 5.50. The van der Waals surface area contributed by atoms with Crippen molar-refractivity contribution < 1.29 is 17.5 Å². The second-order valence-electron chi connectivity index (χ2n) is 3.52. The van der Waals surface area contributed by atoms with E-state index >= 15 is 0 Å². The second-order valence-corrected chi connectivity index (χ2v) is 5.47. The summed E-state index contributed by atoms with van der Waals surface area (Å²) < 4.78 is 41.1. The zero-order valence-electron chi connectivity index (χ0n) is 8.48. The SMILES string of the molecule is CS(=O)(=O)C1=CC2C#CC(/C=C\C(F)=C2)O1. The minimum Gasteiger partial charge on any atom is -0.462 e. The van der Waals surface area contributed by atoms with Crippen molar-refractivity contribution in [1.82, 2.24) is 0 Å². The summed E-state index contributed by atoms with van der Waals surface area (Å²) in [4.78, 5) is 0. The lowest BCUT2D eigenvalue weighted by Gasteiger charge is -2.10. The standard InChI is InChI=1S/C11H9FO3S/c1-16(13,14)11-7-8-2-4-10(15-11)5-3-9(12)6-8/h3,5-8,10H,1H3/b5-3-,9-6?. The third-order valence-corrected chi connectivity index (χ3v) is 3.05. The first-order valence-corrected chi connectivity index (χ1v) is 6.49. The molecule has 0 spiro atoms. The Labute approximate surface area is 93.2 Å². The Morgan fingerprint density at radius 1 is 1.38 bits per heavy atom. The van der Waals surface area contributed by atoms with Crippen LogP contribution in [0.5, 0.6) is 0 Å². The Bertz CT molecular complexity index is 558. The van der Waals surface area contributed by atoms with Gasteiger partial charge >= 0.3 is 0 Å². The molecule has 2 rings (SSSR count). The molecule has 2 aliphatic rings. The zero-order valence-corrected chi connectivity index (χ0v) is 9.29. The summed E-state index contributed by atoms with van der Waals surface area (Å²) in [6, 6.07) is 0. The molecule has 0 N–H and O–H groups in total. The molecule has 0 aromatic carbocycles. The molecule has 0 amide bonds. The monoisotopic (exact) mass is 240 g/mol. The lowest BCUT2D eigenvalue weighted by Crippen LogP contribution is -2.12. The van der Waals surface area contributed by atoms with Gasteiger partial charge in [0, 0.05) is 6.26 Å². The van der Waals surface area contributed by atoms with Gasteiger partial charge in [-0.3, -0.25) is 0 Å². The fourth-order valence-electron chi connectivity index (χ4n) is 1.36. The Morgan fingerprint density at radius 2 is 2.12 bits per heavy atom. The lowest BCUT2D eigenvalue weighted by atomic mass is 10.1. The maximum absolute atomic E-state index is 13.2. The first-order chi connectivity index (χ1) is 7.45. The third-order valence-electron chi connectivity index (χ3n) is 2.09. The maximum Gasteiger partial charge on any atom is 0.210 e. The molecule has 2 atom stereocenters. The van der Waals surface area contributed by atoms with E-state index in [4.69, 9.17) is 4.74 Å². The molecule has 1 heterocycles. The van der Waals surface area contributed by atoms with Gasteiger partial charge in [0.25, 0.3) is 0 Å². The van der Waals surface area contributed by atoms with Crippen molar-refractivity contribution in [3.8, 4) is 11.8 Å². The summed E-state index contributed by atoms with van der Waals surface area (Å²) in [5, 5.41) is -0.171. The maximum atomic E-state index is 13.2. The van der Waals surface area contributed by atoms with E-state index in [9.17, 15) is 12.8 Å². The van der Waals surface area contributed by atoms with Gasteiger partial charge in [-0.2, -0.15) is 0 Å². The van der Waals surface area contributed by atoms with Crippen LogP contribution in [0.1, 0.15) is 0 Å². The van der Waals surface area contributed by atoms with Crippen LogP contribution < -0.4 is 0 Å². The molecule has 16 heavy (non-hydrogen) atoms. The number of sulfone groups is 1. The van der Waals surface area contributed by atoms with Gasteiger partial charge in [-0.05, 0) is 24.3 Å². The summed E-state index contributed by atoms with van der Waals surface area (Å²) in [6.45, 7) is 0. The number of ether oxygens (including phenoxy) is 1. The van der Waals surface area contributed by atoms with Crippen LogP contribution in [0.15, 0.2) is 35.2 Å². The Kier molecular flexibility index (Phi) is 2.60. The van der Waals surface area contributed by atoms with E-state index in [0.717, 1.165) is 6.26 Å². The van der Waals surface area contributed by atoms with Crippen molar-refractivity contribution in [2.75, 3.05) is 6.26 Å².